The van der Waals surface area contributed by atoms with E-state index in [9.17, 15) is 13.2 Å². The van der Waals surface area contributed by atoms with Gasteiger partial charge in [-0.15, -0.1) is 11.6 Å². The first kappa shape index (κ1) is 11.1. The summed E-state index contributed by atoms with van der Waals surface area (Å²) in [4.78, 5) is 1.44. The van der Waals surface area contributed by atoms with Crippen LogP contribution in [0.15, 0.2) is 0 Å². The summed E-state index contributed by atoms with van der Waals surface area (Å²) in [5.74, 6) is 0.270. The summed E-state index contributed by atoms with van der Waals surface area (Å²) in [5, 5.41) is 0. The van der Waals surface area contributed by atoms with Crippen molar-refractivity contribution in [1.29, 1.82) is 0 Å². The van der Waals surface area contributed by atoms with Crippen molar-refractivity contribution < 1.29 is 13.2 Å². The highest BCUT2D eigenvalue weighted by atomic mass is 35.5. The maximum atomic E-state index is 12.1. The Balaban J connectivity index is 2.37. The third-order valence-electron chi connectivity index (χ3n) is 2.35. The van der Waals surface area contributed by atoms with Gasteiger partial charge in [0.1, 0.15) is 0 Å². The van der Waals surface area contributed by atoms with E-state index in [-0.39, 0.29) is 11.9 Å². The zero-order valence-electron chi connectivity index (χ0n) is 7.28. The third-order valence-corrected chi connectivity index (χ3v) is 2.51. The van der Waals surface area contributed by atoms with E-state index in [1.165, 1.54) is 4.90 Å². The predicted octanol–water partition coefficient (Wildman–Crippen LogP) is 2.64. The summed E-state index contributed by atoms with van der Waals surface area (Å²) < 4.78 is 36.2. The summed E-state index contributed by atoms with van der Waals surface area (Å²) in [6.07, 6.45) is -1.29. The van der Waals surface area contributed by atoms with Crippen LogP contribution in [0.3, 0.4) is 0 Å². The van der Waals surface area contributed by atoms with Gasteiger partial charge in [0, 0.05) is 18.5 Å². The number of alkyl halides is 4. The normalized spacial score (nSPS) is 19.2. The molecule has 0 radical (unpaired) electrons. The van der Waals surface area contributed by atoms with Crippen LogP contribution in [0.1, 0.15) is 19.3 Å². The number of halogens is 4. The first-order valence-corrected chi connectivity index (χ1v) is 4.93. The van der Waals surface area contributed by atoms with Gasteiger partial charge in [0.05, 0.1) is 6.54 Å². The topological polar surface area (TPSA) is 3.24 Å². The van der Waals surface area contributed by atoms with Crippen molar-refractivity contribution in [2.75, 3.05) is 19.0 Å². The SMILES string of the molecule is FC(F)(F)CN(CCCl)C1CCC1. The van der Waals surface area contributed by atoms with Gasteiger partial charge in [-0.3, -0.25) is 4.90 Å². The molecule has 0 aromatic heterocycles. The lowest BCUT2D eigenvalue weighted by Gasteiger charge is -2.37. The molecule has 5 heteroatoms. The average Bonchev–Trinajstić information content (AvgIpc) is 1.79. The Hall–Kier alpha value is 0.0400. The second-order valence-corrected chi connectivity index (χ2v) is 3.74. The van der Waals surface area contributed by atoms with Crippen molar-refractivity contribution in [2.45, 2.75) is 31.5 Å². The highest BCUT2D eigenvalue weighted by Gasteiger charge is 2.35. The molecule has 0 amide bonds. The van der Waals surface area contributed by atoms with E-state index < -0.39 is 12.7 Å². The van der Waals surface area contributed by atoms with E-state index in [1.807, 2.05) is 0 Å². The molecule has 0 bridgehead atoms. The second kappa shape index (κ2) is 4.51. The van der Waals surface area contributed by atoms with Crippen molar-refractivity contribution in [3.63, 3.8) is 0 Å². The van der Waals surface area contributed by atoms with Gasteiger partial charge < -0.3 is 0 Å². The second-order valence-electron chi connectivity index (χ2n) is 3.36. The molecule has 0 aromatic carbocycles. The Kier molecular flexibility index (Phi) is 3.86. The minimum Gasteiger partial charge on any atom is -0.291 e. The van der Waals surface area contributed by atoms with E-state index in [0.29, 0.717) is 6.54 Å². The zero-order chi connectivity index (χ0) is 9.90. The molecule has 0 heterocycles. The zero-order valence-corrected chi connectivity index (χ0v) is 8.03. The molecule has 0 aliphatic heterocycles. The molecule has 13 heavy (non-hydrogen) atoms. The Morgan fingerprint density at radius 2 is 1.92 bits per heavy atom. The number of hydrogen-bond acceptors (Lipinski definition) is 1. The molecule has 1 saturated carbocycles. The number of rotatable bonds is 4. The van der Waals surface area contributed by atoms with Gasteiger partial charge in [0.2, 0.25) is 0 Å². The molecule has 0 aromatic rings. The van der Waals surface area contributed by atoms with Gasteiger partial charge >= 0.3 is 6.18 Å². The lowest BCUT2D eigenvalue weighted by Crippen LogP contribution is -2.46. The molecule has 78 valence electrons. The number of nitrogens with zero attached hydrogens (tertiary/aromatic N) is 1. The van der Waals surface area contributed by atoms with Crippen LogP contribution in [0.5, 0.6) is 0 Å². The van der Waals surface area contributed by atoms with Crippen LogP contribution < -0.4 is 0 Å². The highest BCUT2D eigenvalue weighted by Crippen LogP contribution is 2.27. The summed E-state index contributed by atoms with van der Waals surface area (Å²) in [6.45, 7) is -0.476. The average molecular weight is 216 g/mol. The van der Waals surface area contributed by atoms with Crippen molar-refractivity contribution in [3.8, 4) is 0 Å². The Bertz CT molecular complexity index is 156. The van der Waals surface area contributed by atoms with Crippen molar-refractivity contribution >= 4 is 11.6 Å². The van der Waals surface area contributed by atoms with Crippen LogP contribution in [0.25, 0.3) is 0 Å². The van der Waals surface area contributed by atoms with Crippen LogP contribution in [0.2, 0.25) is 0 Å². The first-order chi connectivity index (χ1) is 6.03. The van der Waals surface area contributed by atoms with E-state index in [4.69, 9.17) is 11.6 Å². The Morgan fingerprint density at radius 1 is 1.31 bits per heavy atom. The molecule has 0 N–H and O–H groups in total. The van der Waals surface area contributed by atoms with Crippen molar-refractivity contribution in [1.82, 2.24) is 4.90 Å². The summed E-state index contributed by atoms with van der Waals surface area (Å²) in [7, 11) is 0. The molecule has 1 aliphatic rings. The van der Waals surface area contributed by atoms with E-state index in [0.717, 1.165) is 19.3 Å². The van der Waals surface area contributed by atoms with Crippen LogP contribution >= 0.6 is 11.6 Å². The van der Waals surface area contributed by atoms with Crippen LogP contribution in [0, 0.1) is 0 Å². The molecule has 1 fully saturated rings. The quantitative estimate of drug-likeness (QED) is 0.652. The van der Waals surface area contributed by atoms with Gasteiger partial charge in [-0.2, -0.15) is 13.2 Å². The maximum absolute atomic E-state index is 12.1. The molecular weight excluding hydrogens is 203 g/mol. The standard InChI is InChI=1S/C8H13ClF3N/c9-4-5-13(6-8(10,11)12)7-2-1-3-7/h7H,1-6H2. The lowest BCUT2D eigenvalue weighted by molar-refractivity contribution is -0.153. The molecule has 1 rings (SSSR count). The Morgan fingerprint density at radius 3 is 2.23 bits per heavy atom. The molecule has 0 saturated heterocycles. The minimum absolute atomic E-state index is 0.111. The monoisotopic (exact) mass is 215 g/mol. The fourth-order valence-electron chi connectivity index (χ4n) is 1.48. The summed E-state index contributed by atoms with van der Waals surface area (Å²) in [5.41, 5.74) is 0. The predicted molar refractivity (Wildman–Crippen MR) is 46.0 cm³/mol. The molecule has 1 nitrogen and oxygen atoms in total. The van der Waals surface area contributed by atoms with Gasteiger partial charge in [-0.05, 0) is 12.8 Å². The fraction of sp³-hybridized carbons (Fsp3) is 1.00. The number of hydrogen-bond donors (Lipinski definition) is 0. The van der Waals surface area contributed by atoms with Crippen LogP contribution in [0.4, 0.5) is 13.2 Å². The highest BCUT2D eigenvalue weighted by molar-refractivity contribution is 6.18. The van der Waals surface area contributed by atoms with Crippen LogP contribution in [-0.4, -0.2) is 36.1 Å². The molecule has 1 aliphatic carbocycles. The van der Waals surface area contributed by atoms with Gasteiger partial charge in [0.15, 0.2) is 0 Å². The lowest BCUT2D eigenvalue weighted by atomic mass is 9.91. The van der Waals surface area contributed by atoms with Gasteiger partial charge in [-0.1, -0.05) is 6.42 Å². The third kappa shape index (κ3) is 3.73. The molecule has 0 atom stereocenters. The van der Waals surface area contributed by atoms with Gasteiger partial charge in [0.25, 0.3) is 0 Å². The molecular formula is C8H13ClF3N. The summed E-state index contributed by atoms with van der Waals surface area (Å²) in [6, 6.07) is 0.111. The smallest absolute Gasteiger partial charge is 0.291 e. The van der Waals surface area contributed by atoms with Crippen molar-refractivity contribution in [3.05, 3.63) is 0 Å². The molecule has 0 unspecified atom stereocenters. The van der Waals surface area contributed by atoms with E-state index in [1.54, 1.807) is 0 Å². The summed E-state index contributed by atoms with van der Waals surface area (Å²) >= 11 is 5.44. The van der Waals surface area contributed by atoms with Crippen LogP contribution in [-0.2, 0) is 0 Å². The molecule has 0 spiro atoms. The van der Waals surface area contributed by atoms with Crippen molar-refractivity contribution in [2.24, 2.45) is 0 Å². The van der Waals surface area contributed by atoms with E-state index in [2.05, 4.69) is 0 Å². The fourth-order valence-corrected chi connectivity index (χ4v) is 1.70. The largest absolute Gasteiger partial charge is 0.401 e. The minimum atomic E-state index is -4.10. The maximum Gasteiger partial charge on any atom is 0.401 e. The van der Waals surface area contributed by atoms with E-state index >= 15 is 0 Å². The first-order valence-electron chi connectivity index (χ1n) is 4.39. The Labute approximate surface area is 80.8 Å². The van der Waals surface area contributed by atoms with Gasteiger partial charge in [-0.25, -0.2) is 0 Å².